The van der Waals surface area contributed by atoms with E-state index in [9.17, 15) is 4.79 Å². The molecule has 0 aliphatic carbocycles. The van der Waals surface area contributed by atoms with Crippen molar-refractivity contribution in [3.63, 3.8) is 0 Å². The molecular formula is C26H26N2O2. The number of ether oxygens (including phenoxy) is 1. The molecule has 4 nitrogen and oxygen atoms in total. The molecule has 0 unspecified atom stereocenters. The van der Waals surface area contributed by atoms with E-state index in [1.165, 1.54) is 5.56 Å². The first-order chi connectivity index (χ1) is 14.7. The number of nitrogens with one attached hydrogen (secondary N) is 2. The lowest BCUT2D eigenvalue weighted by Crippen LogP contribution is -2.45. The predicted molar refractivity (Wildman–Crippen MR) is 120 cm³/mol. The molecule has 0 bridgehead atoms. The summed E-state index contributed by atoms with van der Waals surface area (Å²) >= 11 is 0. The molecule has 1 saturated heterocycles. The van der Waals surface area contributed by atoms with Crippen molar-refractivity contribution in [2.45, 2.75) is 31.3 Å². The predicted octanol–water partition coefficient (Wildman–Crippen LogP) is 5.01. The lowest BCUT2D eigenvalue weighted by atomic mass is 9.71. The molecule has 0 aromatic heterocycles. The maximum absolute atomic E-state index is 12.8. The summed E-state index contributed by atoms with van der Waals surface area (Å²) in [6.45, 7) is 4.16. The molecule has 0 saturated carbocycles. The Morgan fingerprint density at radius 1 is 0.967 bits per heavy atom. The van der Waals surface area contributed by atoms with Crippen LogP contribution in [0.25, 0.3) is 11.1 Å². The zero-order valence-corrected chi connectivity index (χ0v) is 17.2. The summed E-state index contributed by atoms with van der Waals surface area (Å²) in [6.07, 6.45) is 2.27. The number of carbonyl (C=O) groups is 1. The molecule has 5 rings (SSSR count). The SMILES string of the molecule is C[C@H]1Oc2ccc(NC(=O)c3ccc(-c4ccccc4)cc3)cc2C12CCNCC2. The molecule has 1 fully saturated rings. The van der Waals surface area contributed by atoms with Crippen molar-refractivity contribution in [2.24, 2.45) is 0 Å². The molecule has 152 valence electrons. The second-order valence-electron chi connectivity index (χ2n) is 8.27. The Hall–Kier alpha value is -3.11. The van der Waals surface area contributed by atoms with Crippen LogP contribution >= 0.6 is 0 Å². The minimum Gasteiger partial charge on any atom is -0.489 e. The monoisotopic (exact) mass is 398 g/mol. The van der Waals surface area contributed by atoms with E-state index < -0.39 is 0 Å². The molecule has 2 heterocycles. The third-order valence-corrected chi connectivity index (χ3v) is 6.61. The summed E-state index contributed by atoms with van der Waals surface area (Å²) < 4.78 is 6.16. The fourth-order valence-electron chi connectivity index (χ4n) is 4.82. The van der Waals surface area contributed by atoms with Gasteiger partial charge in [0.1, 0.15) is 11.9 Å². The number of hydrogen-bond donors (Lipinski definition) is 2. The van der Waals surface area contributed by atoms with Crippen molar-refractivity contribution in [2.75, 3.05) is 18.4 Å². The lowest BCUT2D eigenvalue weighted by Gasteiger charge is -2.36. The van der Waals surface area contributed by atoms with E-state index in [1.807, 2.05) is 54.6 Å². The molecule has 1 atom stereocenters. The van der Waals surface area contributed by atoms with E-state index in [2.05, 4.69) is 35.8 Å². The standard InChI is InChI=1S/C26H26N2O2/c1-18-26(13-15-27-16-14-26)23-17-22(11-12-24(23)30-18)28-25(29)21-9-7-20(8-10-21)19-5-3-2-4-6-19/h2-12,17-18,27H,13-16H2,1H3,(H,28,29)/t18-/m1/s1. The van der Waals surface area contributed by atoms with Crippen LogP contribution in [0.4, 0.5) is 5.69 Å². The minimum atomic E-state index is -0.0964. The number of fused-ring (bicyclic) bond motifs is 2. The molecule has 1 spiro atoms. The van der Waals surface area contributed by atoms with Gasteiger partial charge in [0.2, 0.25) is 0 Å². The molecule has 1 amide bonds. The van der Waals surface area contributed by atoms with E-state index in [-0.39, 0.29) is 17.4 Å². The first-order valence-electron chi connectivity index (χ1n) is 10.6. The number of rotatable bonds is 3. The largest absolute Gasteiger partial charge is 0.489 e. The van der Waals surface area contributed by atoms with Gasteiger partial charge in [0.25, 0.3) is 5.91 Å². The van der Waals surface area contributed by atoms with Crippen LogP contribution in [0.15, 0.2) is 72.8 Å². The van der Waals surface area contributed by atoms with E-state index in [1.54, 1.807) is 0 Å². The average molecular weight is 399 g/mol. The van der Waals surface area contributed by atoms with Gasteiger partial charge in [-0.1, -0.05) is 42.5 Å². The fraction of sp³-hybridized carbons (Fsp3) is 0.269. The van der Waals surface area contributed by atoms with Crippen LogP contribution < -0.4 is 15.4 Å². The Kier molecular flexibility index (Phi) is 4.80. The second kappa shape index (κ2) is 7.62. The van der Waals surface area contributed by atoms with Crippen molar-refractivity contribution < 1.29 is 9.53 Å². The number of amides is 1. The zero-order valence-electron chi connectivity index (χ0n) is 17.2. The molecular weight excluding hydrogens is 372 g/mol. The number of carbonyl (C=O) groups excluding carboxylic acids is 1. The Morgan fingerprint density at radius 3 is 2.40 bits per heavy atom. The highest BCUT2D eigenvalue weighted by Gasteiger charge is 2.47. The molecule has 0 radical (unpaired) electrons. The smallest absolute Gasteiger partial charge is 0.255 e. The zero-order chi connectivity index (χ0) is 20.6. The maximum Gasteiger partial charge on any atom is 0.255 e. The van der Waals surface area contributed by atoms with Gasteiger partial charge < -0.3 is 15.4 Å². The van der Waals surface area contributed by atoms with Crippen LogP contribution in [0.1, 0.15) is 35.7 Å². The lowest BCUT2D eigenvalue weighted by molar-refractivity contribution is 0.102. The first kappa shape index (κ1) is 18.9. The van der Waals surface area contributed by atoms with Gasteiger partial charge in [0, 0.05) is 22.2 Å². The third-order valence-electron chi connectivity index (χ3n) is 6.61. The van der Waals surface area contributed by atoms with Crippen LogP contribution in [-0.4, -0.2) is 25.1 Å². The number of anilines is 1. The van der Waals surface area contributed by atoms with Crippen LogP contribution in [0.5, 0.6) is 5.75 Å². The quantitative estimate of drug-likeness (QED) is 0.652. The Bertz CT molecular complexity index is 1050. The Balaban J connectivity index is 1.36. The Labute approximate surface area is 177 Å². The van der Waals surface area contributed by atoms with Crippen molar-refractivity contribution in [1.29, 1.82) is 0 Å². The van der Waals surface area contributed by atoms with E-state index in [0.717, 1.165) is 48.5 Å². The molecule has 3 aromatic rings. The maximum atomic E-state index is 12.8. The molecule has 2 N–H and O–H groups in total. The second-order valence-corrected chi connectivity index (χ2v) is 8.27. The average Bonchev–Trinajstić information content (AvgIpc) is 3.05. The summed E-state index contributed by atoms with van der Waals surface area (Å²) in [4.78, 5) is 12.8. The molecule has 4 heteroatoms. The number of hydrogen-bond acceptors (Lipinski definition) is 3. The topological polar surface area (TPSA) is 50.4 Å². The van der Waals surface area contributed by atoms with Gasteiger partial charge in [-0.2, -0.15) is 0 Å². The van der Waals surface area contributed by atoms with Gasteiger partial charge in [0.15, 0.2) is 0 Å². The molecule has 2 aliphatic rings. The highest BCUT2D eigenvalue weighted by molar-refractivity contribution is 6.04. The summed E-state index contributed by atoms with van der Waals surface area (Å²) in [7, 11) is 0. The summed E-state index contributed by atoms with van der Waals surface area (Å²) in [5, 5.41) is 6.52. The normalized spacial score (nSPS) is 19.2. The van der Waals surface area contributed by atoms with Crippen LogP contribution in [0.2, 0.25) is 0 Å². The van der Waals surface area contributed by atoms with Gasteiger partial charge in [-0.05, 0) is 74.3 Å². The van der Waals surface area contributed by atoms with Gasteiger partial charge in [-0.3, -0.25) is 4.79 Å². The third kappa shape index (κ3) is 3.27. The van der Waals surface area contributed by atoms with Crippen molar-refractivity contribution in [1.82, 2.24) is 5.32 Å². The van der Waals surface area contributed by atoms with Crippen molar-refractivity contribution in [3.8, 4) is 16.9 Å². The van der Waals surface area contributed by atoms with Crippen LogP contribution in [-0.2, 0) is 5.41 Å². The van der Waals surface area contributed by atoms with Gasteiger partial charge >= 0.3 is 0 Å². The van der Waals surface area contributed by atoms with Crippen molar-refractivity contribution in [3.05, 3.63) is 83.9 Å². The number of benzene rings is 3. The van der Waals surface area contributed by atoms with Gasteiger partial charge in [0.05, 0.1) is 0 Å². The Morgan fingerprint density at radius 2 is 1.67 bits per heavy atom. The van der Waals surface area contributed by atoms with E-state index >= 15 is 0 Å². The van der Waals surface area contributed by atoms with Crippen molar-refractivity contribution >= 4 is 11.6 Å². The van der Waals surface area contributed by atoms with E-state index in [4.69, 9.17) is 4.74 Å². The van der Waals surface area contributed by atoms with E-state index in [0.29, 0.717) is 5.56 Å². The molecule has 2 aliphatic heterocycles. The van der Waals surface area contributed by atoms with Crippen LogP contribution in [0, 0.1) is 0 Å². The van der Waals surface area contributed by atoms with Crippen LogP contribution in [0.3, 0.4) is 0 Å². The summed E-state index contributed by atoms with van der Waals surface area (Å²) in [6, 6.07) is 24.0. The fourth-order valence-corrected chi connectivity index (χ4v) is 4.82. The summed E-state index contributed by atoms with van der Waals surface area (Å²) in [5.74, 6) is 0.857. The molecule has 3 aromatic carbocycles. The number of piperidine rings is 1. The van der Waals surface area contributed by atoms with Gasteiger partial charge in [-0.25, -0.2) is 0 Å². The van der Waals surface area contributed by atoms with Gasteiger partial charge in [-0.15, -0.1) is 0 Å². The highest BCUT2D eigenvalue weighted by Crippen LogP contribution is 2.49. The minimum absolute atomic E-state index is 0.0403. The summed E-state index contributed by atoms with van der Waals surface area (Å²) in [5.41, 5.74) is 4.98. The highest BCUT2D eigenvalue weighted by atomic mass is 16.5. The molecule has 30 heavy (non-hydrogen) atoms. The first-order valence-corrected chi connectivity index (χ1v) is 10.6.